The first-order valence-corrected chi connectivity index (χ1v) is 15.2. The van der Waals surface area contributed by atoms with E-state index in [1.807, 2.05) is 20.8 Å². The van der Waals surface area contributed by atoms with E-state index in [4.69, 9.17) is 9.26 Å². The van der Waals surface area contributed by atoms with Crippen LogP contribution in [0.15, 0.2) is 4.52 Å². The van der Waals surface area contributed by atoms with Gasteiger partial charge in [0.1, 0.15) is 5.60 Å². The molecule has 11 heteroatoms. The highest BCUT2D eigenvalue weighted by Gasteiger charge is 2.50. The van der Waals surface area contributed by atoms with E-state index in [9.17, 15) is 13.2 Å². The van der Waals surface area contributed by atoms with Crippen LogP contribution in [-0.4, -0.2) is 85.1 Å². The first kappa shape index (κ1) is 27.3. The van der Waals surface area contributed by atoms with Crippen molar-refractivity contribution in [2.45, 2.75) is 89.0 Å². The van der Waals surface area contributed by atoms with Gasteiger partial charge in [-0.05, 0) is 65.3 Å². The molecule has 3 fully saturated rings. The molecule has 10 nitrogen and oxygen atoms in total. The molecule has 1 saturated carbocycles. The van der Waals surface area contributed by atoms with Gasteiger partial charge in [-0.2, -0.15) is 4.98 Å². The molecular weight excluding hydrogens is 482 g/mol. The third-order valence-corrected chi connectivity index (χ3v) is 10.1. The van der Waals surface area contributed by atoms with Crippen molar-refractivity contribution < 1.29 is 22.5 Å². The molecule has 0 bridgehead atoms. The van der Waals surface area contributed by atoms with Gasteiger partial charge in [0.2, 0.25) is 11.7 Å². The summed E-state index contributed by atoms with van der Waals surface area (Å²) < 4.78 is 38.5. The number of nitrogens with zero attached hydrogens (tertiary/aromatic N) is 4. The van der Waals surface area contributed by atoms with Crippen molar-refractivity contribution in [2.75, 3.05) is 45.0 Å². The zero-order valence-corrected chi connectivity index (χ0v) is 22.9. The van der Waals surface area contributed by atoms with Crippen molar-refractivity contribution in [1.82, 2.24) is 25.3 Å². The van der Waals surface area contributed by atoms with Crippen molar-refractivity contribution in [1.29, 1.82) is 0 Å². The Morgan fingerprint density at radius 1 is 1.11 bits per heavy atom. The summed E-state index contributed by atoms with van der Waals surface area (Å²) in [6, 6.07) is 0. The van der Waals surface area contributed by atoms with Crippen LogP contribution in [0.4, 0.5) is 4.79 Å². The molecule has 4 rings (SSSR count). The van der Waals surface area contributed by atoms with E-state index >= 15 is 0 Å². The van der Waals surface area contributed by atoms with E-state index < -0.39 is 20.3 Å². The second kappa shape index (κ2) is 11.3. The summed E-state index contributed by atoms with van der Waals surface area (Å²) in [7, 11) is -3.50. The fraction of sp³-hybridized carbons (Fsp3) is 0.880. The van der Waals surface area contributed by atoms with E-state index in [2.05, 4.69) is 20.4 Å². The molecule has 36 heavy (non-hydrogen) atoms. The Labute approximate surface area is 215 Å². The minimum Gasteiger partial charge on any atom is -0.444 e. The van der Waals surface area contributed by atoms with Gasteiger partial charge < -0.3 is 14.2 Å². The number of hydrogen-bond acceptors (Lipinski definition) is 9. The van der Waals surface area contributed by atoms with E-state index in [1.54, 1.807) is 4.90 Å². The highest BCUT2D eigenvalue weighted by atomic mass is 32.2. The molecule has 1 aromatic heterocycles. The van der Waals surface area contributed by atoms with Crippen LogP contribution in [0.25, 0.3) is 0 Å². The van der Waals surface area contributed by atoms with Gasteiger partial charge in [-0.3, -0.25) is 10.2 Å². The molecule has 3 heterocycles. The molecule has 1 unspecified atom stereocenters. The predicted octanol–water partition coefficient (Wildman–Crippen LogP) is 3.09. The number of rotatable bonds is 7. The summed E-state index contributed by atoms with van der Waals surface area (Å²) in [5.41, 5.74) is -0.502. The number of carbonyl (C=O) groups excluding carboxylic acids is 1. The van der Waals surface area contributed by atoms with Crippen molar-refractivity contribution in [3.8, 4) is 0 Å². The fourth-order valence-electron chi connectivity index (χ4n) is 5.53. The minimum atomic E-state index is -3.50. The number of hydrogen-bond donors (Lipinski definition) is 1. The normalized spacial score (nSPS) is 25.1. The van der Waals surface area contributed by atoms with E-state index in [-0.39, 0.29) is 23.6 Å². The molecule has 3 aliphatic rings. The Morgan fingerprint density at radius 2 is 1.83 bits per heavy atom. The Morgan fingerprint density at radius 3 is 2.47 bits per heavy atom. The van der Waals surface area contributed by atoms with E-state index in [1.165, 1.54) is 6.42 Å². The SMILES string of the molecule is CC(C)(C)OC(=O)N1CCN(CCc2nc(C3(S(=O)(=O)CC4CCCCC4)CCCCN3)no2)CC1. The quantitative estimate of drug-likeness (QED) is 0.573. The predicted molar refractivity (Wildman–Crippen MR) is 136 cm³/mol. The topological polar surface area (TPSA) is 118 Å². The number of piperidine rings is 1. The van der Waals surface area contributed by atoms with Crippen molar-refractivity contribution in [2.24, 2.45) is 5.92 Å². The molecule has 0 aromatic carbocycles. The summed E-state index contributed by atoms with van der Waals surface area (Å²) in [4.78, 5) is 19.6. The first-order chi connectivity index (χ1) is 17.1. The maximum atomic E-state index is 13.7. The number of ether oxygens (including phenoxy) is 1. The monoisotopic (exact) mass is 525 g/mol. The van der Waals surface area contributed by atoms with Gasteiger partial charge in [-0.15, -0.1) is 0 Å². The molecule has 1 aliphatic carbocycles. The molecule has 204 valence electrons. The summed E-state index contributed by atoms with van der Waals surface area (Å²) in [5.74, 6) is 1.13. The fourth-order valence-corrected chi connectivity index (χ4v) is 7.91. The number of nitrogens with one attached hydrogen (secondary N) is 1. The van der Waals surface area contributed by atoms with Crippen LogP contribution in [0.2, 0.25) is 0 Å². The summed E-state index contributed by atoms with van der Waals surface area (Å²) in [6.45, 7) is 9.64. The lowest BCUT2D eigenvalue weighted by Gasteiger charge is -2.36. The highest BCUT2D eigenvalue weighted by Crippen LogP contribution is 2.37. The summed E-state index contributed by atoms with van der Waals surface area (Å²) in [6.07, 6.45) is 7.89. The number of aromatic nitrogens is 2. The lowest BCUT2D eigenvalue weighted by Crippen LogP contribution is -2.54. The van der Waals surface area contributed by atoms with Gasteiger partial charge in [-0.1, -0.05) is 24.4 Å². The summed E-state index contributed by atoms with van der Waals surface area (Å²) in [5, 5.41) is 7.49. The van der Waals surface area contributed by atoms with Gasteiger partial charge in [0.25, 0.3) is 0 Å². The summed E-state index contributed by atoms with van der Waals surface area (Å²) >= 11 is 0. The van der Waals surface area contributed by atoms with Gasteiger partial charge in [-0.25, -0.2) is 13.2 Å². The molecule has 1 atom stereocenters. The minimum absolute atomic E-state index is 0.186. The van der Waals surface area contributed by atoms with Gasteiger partial charge in [0.05, 0.1) is 5.75 Å². The van der Waals surface area contributed by atoms with Crippen LogP contribution < -0.4 is 5.32 Å². The molecule has 2 aliphatic heterocycles. The smallest absolute Gasteiger partial charge is 0.410 e. The number of amides is 1. The molecule has 1 N–H and O–H groups in total. The molecule has 0 spiro atoms. The standard InChI is InChI=1S/C25H43N5O5S/c1-24(2,3)34-23(31)30-17-15-29(16-18-30)14-11-21-27-22(28-35-21)25(12-7-8-13-26-25)36(32,33)19-20-9-5-4-6-10-20/h20,26H,4-19H2,1-3H3. The lowest BCUT2D eigenvalue weighted by molar-refractivity contribution is 0.0144. The third kappa shape index (κ3) is 6.58. The second-order valence-corrected chi connectivity index (χ2v) is 13.8. The molecular formula is C25H43N5O5S. The second-order valence-electron chi connectivity index (χ2n) is 11.6. The first-order valence-electron chi connectivity index (χ1n) is 13.6. The third-order valence-electron chi connectivity index (χ3n) is 7.57. The van der Waals surface area contributed by atoms with Crippen molar-refractivity contribution >= 4 is 15.9 Å². The molecule has 1 aromatic rings. The molecule has 2 saturated heterocycles. The van der Waals surface area contributed by atoms with Crippen LogP contribution in [0.1, 0.15) is 83.9 Å². The van der Waals surface area contributed by atoms with Crippen LogP contribution in [0.5, 0.6) is 0 Å². The van der Waals surface area contributed by atoms with E-state index in [0.717, 1.165) is 51.6 Å². The van der Waals surface area contributed by atoms with Crippen LogP contribution in [-0.2, 0) is 25.9 Å². The number of sulfone groups is 1. The Kier molecular flexibility index (Phi) is 8.61. The maximum absolute atomic E-state index is 13.7. The molecule has 0 radical (unpaired) electrons. The number of piperazine rings is 1. The van der Waals surface area contributed by atoms with Gasteiger partial charge in [0.15, 0.2) is 14.7 Å². The van der Waals surface area contributed by atoms with Gasteiger partial charge in [0, 0.05) is 39.1 Å². The van der Waals surface area contributed by atoms with Crippen molar-refractivity contribution in [3.63, 3.8) is 0 Å². The van der Waals surface area contributed by atoms with Crippen LogP contribution in [0, 0.1) is 5.92 Å². The Bertz CT molecular complexity index is 969. The van der Waals surface area contributed by atoms with Gasteiger partial charge >= 0.3 is 6.09 Å². The zero-order chi connectivity index (χ0) is 25.8. The van der Waals surface area contributed by atoms with Crippen LogP contribution >= 0.6 is 0 Å². The maximum Gasteiger partial charge on any atom is 0.410 e. The average molecular weight is 526 g/mol. The van der Waals surface area contributed by atoms with Crippen LogP contribution in [0.3, 0.4) is 0 Å². The molecule has 1 amide bonds. The van der Waals surface area contributed by atoms with E-state index in [0.29, 0.717) is 44.9 Å². The average Bonchev–Trinajstić information content (AvgIpc) is 3.32. The number of carbonyl (C=O) groups is 1. The Balaban J connectivity index is 1.35. The zero-order valence-electron chi connectivity index (χ0n) is 22.1. The Hall–Kier alpha value is -1.72. The highest BCUT2D eigenvalue weighted by molar-refractivity contribution is 7.92. The van der Waals surface area contributed by atoms with Crippen molar-refractivity contribution in [3.05, 3.63) is 11.7 Å². The lowest BCUT2D eigenvalue weighted by atomic mass is 9.91. The largest absolute Gasteiger partial charge is 0.444 e.